The molecule has 1 aliphatic carbocycles. The van der Waals surface area contributed by atoms with E-state index >= 15 is 8.78 Å². The Kier molecular flexibility index (Phi) is 4.31. The molecule has 0 saturated heterocycles. The number of hydrogen-bond donors (Lipinski definition) is 2. The number of fused-ring (bicyclic) bond motifs is 1. The van der Waals surface area contributed by atoms with Crippen LogP contribution in [-0.4, -0.2) is 20.2 Å². The third-order valence-corrected chi connectivity index (χ3v) is 4.37. The number of para-hydroxylation sites is 1. The maximum absolute atomic E-state index is 15.1. The quantitative estimate of drug-likeness (QED) is 0.694. The predicted molar refractivity (Wildman–Crippen MR) is 96.5 cm³/mol. The average Bonchev–Trinajstić information content (AvgIpc) is 3.16. The molecule has 0 aliphatic heterocycles. The number of nitriles is 1. The Hall–Kier alpha value is -3.67. The molecule has 0 spiro atoms. The fourth-order valence-corrected chi connectivity index (χ4v) is 2.91. The zero-order valence-corrected chi connectivity index (χ0v) is 14.3. The summed E-state index contributed by atoms with van der Waals surface area (Å²) in [5.74, 6) is -5.47. The van der Waals surface area contributed by atoms with Crippen molar-refractivity contribution in [2.45, 2.75) is 12.3 Å². The minimum absolute atomic E-state index is 0.137. The minimum Gasteiger partial charge on any atom is -0.323 e. The Labute approximate surface area is 157 Å². The number of nitrogens with one attached hydrogen (secondary N) is 2. The Morgan fingerprint density at radius 1 is 1.25 bits per heavy atom. The molecule has 4 rings (SSSR count). The van der Waals surface area contributed by atoms with Crippen LogP contribution in [-0.2, 0) is 5.92 Å². The normalized spacial score (nSPS) is 16.6. The molecule has 3 aromatic rings. The van der Waals surface area contributed by atoms with Crippen LogP contribution in [0, 0.1) is 17.2 Å². The molecule has 28 heavy (non-hydrogen) atoms. The second kappa shape index (κ2) is 6.81. The number of allylic oxidation sites excluding steroid dienone is 4. The van der Waals surface area contributed by atoms with Crippen LogP contribution in [0.25, 0.3) is 10.9 Å². The Morgan fingerprint density at radius 3 is 2.79 bits per heavy atom. The molecule has 1 aromatic carbocycles. The molecule has 2 N–H and O–H groups in total. The third kappa shape index (κ3) is 3.20. The number of aromatic nitrogens is 4. The fourth-order valence-electron chi connectivity index (χ4n) is 2.91. The van der Waals surface area contributed by atoms with Crippen molar-refractivity contribution >= 4 is 22.5 Å². The largest absolute Gasteiger partial charge is 0.323 e. The lowest BCUT2D eigenvalue weighted by Crippen LogP contribution is -2.28. The highest BCUT2D eigenvalue weighted by Crippen LogP contribution is 2.40. The van der Waals surface area contributed by atoms with Gasteiger partial charge in [-0.1, -0.05) is 18.2 Å². The van der Waals surface area contributed by atoms with Gasteiger partial charge in [-0.3, -0.25) is 5.10 Å². The standard InChI is InChI=1S/C19H13F3N6/c20-12-7-5-11(6-8-12)19(21,22)18-24-15-4-2-1-3-14(15)17(26-18)25-16-9-13(10-23)27-28-16/h1-5,7-9,11H,6H2,(H2,24,25,26,27,28). The van der Waals surface area contributed by atoms with E-state index in [2.05, 4.69) is 25.5 Å². The van der Waals surface area contributed by atoms with Crippen LogP contribution in [0.4, 0.5) is 24.8 Å². The second-order valence-electron chi connectivity index (χ2n) is 6.23. The van der Waals surface area contributed by atoms with Crippen LogP contribution in [0.15, 0.2) is 54.4 Å². The number of aromatic amines is 1. The van der Waals surface area contributed by atoms with Crippen LogP contribution in [0.2, 0.25) is 0 Å². The van der Waals surface area contributed by atoms with Crippen molar-refractivity contribution < 1.29 is 13.2 Å². The van der Waals surface area contributed by atoms with Gasteiger partial charge in [-0.2, -0.15) is 19.1 Å². The first-order valence-electron chi connectivity index (χ1n) is 8.39. The van der Waals surface area contributed by atoms with Crippen molar-refractivity contribution in [1.82, 2.24) is 20.2 Å². The van der Waals surface area contributed by atoms with Crippen molar-refractivity contribution in [3.63, 3.8) is 0 Å². The van der Waals surface area contributed by atoms with Crippen LogP contribution in [0.1, 0.15) is 17.9 Å². The Morgan fingerprint density at radius 2 is 2.07 bits per heavy atom. The lowest BCUT2D eigenvalue weighted by atomic mass is 9.93. The van der Waals surface area contributed by atoms with Crippen molar-refractivity contribution in [1.29, 1.82) is 5.26 Å². The highest BCUT2D eigenvalue weighted by atomic mass is 19.3. The maximum Gasteiger partial charge on any atom is 0.313 e. The van der Waals surface area contributed by atoms with E-state index in [1.54, 1.807) is 24.3 Å². The molecular formula is C19H13F3N6. The van der Waals surface area contributed by atoms with Crippen molar-refractivity contribution in [2.75, 3.05) is 5.32 Å². The molecule has 1 unspecified atom stereocenters. The van der Waals surface area contributed by atoms with E-state index < -0.39 is 23.5 Å². The molecule has 0 radical (unpaired) electrons. The number of nitrogens with zero attached hydrogens (tertiary/aromatic N) is 4. The summed E-state index contributed by atoms with van der Waals surface area (Å²) in [4.78, 5) is 8.07. The van der Waals surface area contributed by atoms with Gasteiger partial charge in [-0.25, -0.2) is 14.4 Å². The van der Waals surface area contributed by atoms with E-state index in [0.29, 0.717) is 10.9 Å². The molecule has 1 aliphatic rings. The van der Waals surface area contributed by atoms with Crippen LogP contribution < -0.4 is 5.32 Å². The zero-order valence-electron chi connectivity index (χ0n) is 14.3. The number of hydrogen-bond acceptors (Lipinski definition) is 5. The molecule has 9 heteroatoms. The SMILES string of the molecule is N#Cc1cc(Nc2nc(C(F)(F)C3C=CC(F)=CC3)nc3ccccc23)n[nH]1. The monoisotopic (exact) mass is 382 g/mol. The number of rotatable bonds is 4. The summed E-state index contributed by atoms with van der Waals surface area (Å²) < 4.78 is 43.3. The summed E-state index contributed by atoms with van der Waals surface area (Å²) in [6.45, 7) is 0. The number of halogens is 3. The molecule has 2 heterocycles. The number of benzene rings is 1. The molecular weight excluding hydrogens is 369 g/mol. The van der Waals surface area contributed by atoms with Gasteiger partial charge in [0.25, 0.3) is 0 Å². The smallest absolute Gasteiger partial charge is 0.313 e. The van der Waals surface area contributed by atoms with E-state index in [9.17, 15) is 4.39 Å². The molecule has 6 nitrogen and oxygen atoms in total. The summed E-state index contributed by atoms with van der Waals surface area (Å²) in [6, 6.07) is 10.0. The number of alkyl halides is 2. The van der Waals surface area contributed by atoms with E-state index in [4.69, 9.17) is 5.26 Å². The average molecular weight is 382 g/mol. The molecule has 0 fully saturated rings. The predicted octanol–water partition coefficient (Wildman–Crippen LogP) is 4.49. The van der Waals surface area contributed by atoms with Gasteiger partial charge in [-0.05, 0) is 30.7 Å². The highest BCUT2D eigenvalue weighted by molar-refractivity contribution is 5.90. The minimum atomic E-state index is -3.41. The van der Waals surface area contributed by atoms with Gasteiger partial charge in [0.2, 0.25) is 5.82 Å². The van der Waals surface area contributed by atoms with Gasteiger partial charge in [0, 0.05) is 11.5 Å². The topological polar surface area (TPSA) is 90.3 Å². The summed E-state index contributed by atoms with van der Waals surface area (Å²) >= 11 is 0. The summed E-state index contributed by atoms with van der Waals surface area (Å²) in [5, 5.41) is 18.7. The summed E-state index contributed by atoms with van der Waals surface area (Å²) in [7, 11) is 0. The van der Waals surface area contributed by atoms with Crippen molar-refractivity contribution in [2.24, 2.45) is 5.92 Å². The number of H-pyrrole nitrogens is 1. The second-order valence-corrected chi connectivity index (χ2v) is 6.23. The van der Waals surface area contributed by atoms with Gasteiger partial charge in [0.15, 0.2) is 5.82 Å². The van der Waals surface area contributed by atoms with E-state index in [1.807, 2.05) is 6.07 Å². The van der Waals surface area contributed by atoms with Crippen LogP contribution >= 0.6 is 0 Å². The zero-order chi connectivity index (χ0) is 19.7. The molecule has 0 saturated carbocycles. The number of anilines is 2. The lowest BCUT2D eigenvalue weighted by molar-refractivity contribution is -0.0547. The van der Waals surface area contributed by atoms with E-state index in [0.717, 1.165) is 18.2 Å². The van der Waals surface area contributed by atoms with E-state index in [-0.39, 0.29) is 23.8 Å². The Bertz CT molecular complexity index is 1140. The van der Waals surface area contributed by atoms with E-state index in [1.165, 1.54) is 6.07 Å². The van der Waals surface area contributed by atoms with Crippen molar-refractivity contribution in [3.05, 3.63) is 65.9 Å². The summed E-state index contributed by atoms with van der Waals surface area (Å²) in [6.07, 6.45) is 3.12. The maximum atomic E-state index is 15.1. The van der Waals surface area contributed by atoms with Crippen molar-refractivity contribution in [3.8, 4) is 6.07 Å². The van der Waals surface area contributed by atoms with Gasteiger partial charge < -0.3 is 5.32 Å². The first-order valence-corrected chi connectivity index (χ1v) is 8.39. The molecule has 140 valence electrons. The highest BCUT2D eigenvalue weighted by Gasteiger charge is 2.43. The van der Waals surface area contributed by atoms with Crippen LogP contribution in [0.5, 0.6) is 0 Å². The Balaban J connectivity index is 1.77. The molecule has 2 aromatic heterocycles. The molecule has 1 atom stereocenters. The molecule has 0 amide bonds. The first-order chi connectivity index (χ1) is 13.5. The van der Waals surface area contributed by atoms with Gasteiger partial charge in [0.1, 0.15) is 23.4 Å². The third-order valence-electron chi connectivity index (χ3n) is 4.37. The summed E-state index contributed by atoms with van der Waals surface area (Å²) in [5.41, 5.74) is 0.541. The molecule has 0 bridgehead atoms. The first kappa shape index (κ1) is 17.7. The van der Waals surface area contributed by atoms with Crippen LogP contribution in [0.3, 0.4) is 0 Å². The fraction of sp³-hybridized carbons (Fsp3) is 0.158. The van der Waals surface area contributed by atoms with Gasteiger partial charge in [-0.15, -0.1) is 0 Å². The van der Waals surface area contributed by atoms with Gasteiger partial charge >= 0.3 is 5.92 Å². The van der Waals surface area contributed by atoms with Gasteiger partial charge in [0.05, 0.1) is 11.4 Å². The lowest BCUT2D eigenvalue weighted by Gasteiger charge is -2.24.